The molecule has 8 heavy (non-hydrogen) atoms. The molecule has 0 rings (SSSR count). The van der Waals surface area contributed by atoms with Crippen molar-refractivity contribution in [2.45, 2.75) is 13.3 Å². The quantitative estimate of drug-likeness (QED) is 0.397. The molecule has 0 aromatic carbocycles. The molecule has 0 fully saturated rings. The summed E-state index contributed by atoms with van der Waals surface area (Å²) in [4.78, 5) is 4.03. The Morgan fingerprint density at radius 1 is 1.62 bits per heavy atom. The van der Waals surface area contributed by atoms with Crippen LogP contribution in [0, 0.1) is 0 Å². The van der Waals surface area contributed by atoms with Crippen LogP contribution in [-0.2, 0) is 4.74 Å². The first-order chi connectivity index (χ1) is 3.91. The zero-order valence-corrected chi connectivity index (χ0v) is 5.55. The van der Waals surface area contributed by atoms with Crippen LogP contribution < -0.4 is 0 Å². The van der Waals surface area contributed by atoms with Gasteiger partial charge in [-0.15, -0.1) is 0 Å². The van der Waals surface area contributed by atoms with Crippen molar-refractivity contribution in [3.8, 4) is 0 Å². The highest BCUT2D eigenvalue weighted by atomic mass is 16.5. The van der Waals surface area contributed by atoms with Gasteiger partial charge in [0.1, 0.15) is 0 Å². The van der Waals surface area contributed by atoms with Gasteiger partial charge in [-0.2, -0.15) is 0 Å². The third-order valence-corrected chi connectivity index (χ3v) is 0.736. The smallest absolute Gasteiger partial charge is 0.0657 e. The lowest BCUT2D eigenvalue weighted by atomic mass is 10.5. The van der Waals surface area contributed by atoms with Gasteiger partial charge in [-0.3, -0.25) is 4.99 Å². The molecule has 0 aliphatic heterocycles. The van der Waals surface area contributed by atoms with Crippen LogP contribution in [0.5, 0.6) is 0 Å². The Balaban J connectivity index is 2.80. The van der Waals surface area contributed by atoms with Crippen molar-refractivity contribution in [3.63, 3.8) is 0 Å². The first-order valence-corrected chi connectivity index (χ1v) is 2.89. The summed E-state index contributed by atoms with van der Waals surface area (Å²) >= 11 is 0. The SMILES string of the molecule is CCC=NCCOC. The number of ether oxygens (including phenoxy) is 1. The number of aliphatic imine (C=N–C) groups is 1. The number of hydrogen-bond acceptors (Lipinski definition) is 2. The molecular formula is C6H13NO. The lowest BCUT2D eigenvalue weighted by Gasteiger charge is -1.88. The summed E-state index contributed by atoms with van der Waals surface area (Å²) in [7, 11) is 1.68. The van der Waals surface area contributed by atoms with Crippen LogP contribution in [0.1, 0.15) is 13.3 Å². The first kappa shape index (κ1) is 7.63. The maximum atomic E-state index is 4.77. The molecule has 0 aliphatic rings. The first-order valence-electron chi connectivity index (χ1n) is 2.89. The van der Waals surface area contributed by atoms with Gasteiger partial charge in [0.25, 0.3) is 0 Å². The van der Waals surface area contributed by atoms with Crippen LogP contribution in [0.3, 0.4) is 0 Å². The Hall–Kier alpha value is -0.370. The zero-order valence-electron chi connectivity index (χ0n) is 5.55. The standard InChI is InChI=1S/C6H13NO/c1-3-4-7-5-6-8-2/h4H,3,5-6H2,1-2H3. The molecule has 48 valence electrons. The molecular weight excluding hydrogens is 102 g/mol. The number of nitrogens with zero attached hydrogens (tertiary/aromatic N) is 1. The van der Waals surface area contributed by atoms with Crippen LogP contribution in [0.25, 0.3) is 0 Å². The van der Waals surface area contributed by atoms with E-state index in [2.05, 4.69) is 11.9 Å². The molecule has 0 spiro atoms. The number of rotatable bonds is 4. The van der Waals surface area contributed by atoms with Crippen LogP contribution >= 0.6 is 0 Å². The molecule has 2 heteroatoms. The van der Waals surface area contributed by atoms with Crippen molar-refractivity contribution in [1.29, 1.82) is 0 Å². The van der Waals surface area contributed by atoms with E-state index in [1.807, 2.05) is 6.21 Å². The molecule has 0 N–H and O–H groups in total. The molecule has 0 aromatic rings. The predicted molar refractivity (Wildman–Crippen MR) is 35.5 cm³/mol. The maximum absolute atomic E-state index is 4.77. The highest BCUT2D eigenvalue weighted by Gasteiger charge is 1.74. The van der Waals surface area contributed by atoms with Gasteiger partial charge in [0.15, 0.2) is 0 Å². The average molecular weight is 115 g/mol. The minimum atomic E-state index is 0.733. The van der Waals surface area contributed by atoms with E-state index in [1.54, 1.807) is 7.11 Å². The van der Waals surface area contributed by atoms with Crippen LogP contribution in [0.2, 0.25) is 0 Å². The van der Waals surface area contributed by atoms with Crippen molar-refractivity contribution in [3.05, 3.63) is 0 Å². The molecule has 0 heterocycles. The van der Waals surface area contributed by atoms with Crippen molar-refractivity contribution in [2.75, 3.05) is 20.3 Å². The largest absolute Gasteiger partial charge is 0.383 e. The van der Waals surface area contributed by atoms with E-state index in [0.29, 0.717) is 0 Å². The van der Waals surface area contributed by atoms with Gasteiger partial charge in [-0.05, 0) is 12.6 Å². The molecule has 0 atom stereocenters. The maximum Gasteiger partial charge on any atom is 0.0657 e. The van der Waals surface area contributed by atoms with Crippen molar-refractivity contribution < 1.29 is 4.74 Å². The third-order valence-electron chi connectivity index (χ3n) is 0.736. The molecule has 0 aliphatic carbocycles. The Labute approximate surface area is 50.6 Å². The van der Waals surface area contributed by atoms with Crippen LogP contribution in [0.15, 0.2) is 4.99 Å². The summed E-state index contributed by atoms with van der Waals surface area (Å²) < 4.78 is 4.77. The molecule has 0 radical (unpaired) electrons. The fourth-order valence-electron chi connectivity index (χ4n) is 0.364. The second-order valence-corrected chi connectivity index (χ2v) is 1.49. The summed E-state index contributed by atoms with van der Waals surface area (Å²) in [6.07, 6.45) is 2.92. The van der Waals surface area contributed by atoms with E-state index in [-0.39, 0.29) is 0 Å². The highest BCUT2D eigenvalue weighted by molar-refractivity contribution is 5.56. The minimum absolute atomic E-state index is 0.733. The van der Waals surface area contributed by atoms with Gasteiger partial charge >= 0.3 is 0 Å². The fourth-order valence-corrected chi connectivity index (χ4v) is 0.364. The molecule has 0 unspecified atom stereocenters. The lowest BCUT2D eigenvalue weighted by Crippen LogP contribution is -1.91. The van der Waals surface area contributed by atoms with E-state index >= 15 is 0 Å². The van der Waals surface area contributed by atoms with Gasteiger partial charge in [0, 0.05) is 7.11 Å². The second-order valence-electron chi connectivity index (χ2n) is 1.49. The molecule has 0 aromatic heterocycles. The summed E-state index contributed by atoms with van der Waals surface area (Å²) in [6.45, 7) is 3.59. The Morgan fingerprint density at radius 2 is 2.38 bits per heavy atom. The third kappa shape index (κ3) is 5.63. The molecule has 2 nitrogen and oxygen atoms in total. The van der Waals surface area contributed by atoms with Crippen LogP contribution in [-0.4, -0.2) is 26.5 Å². The number of methoxy groups -OCH3 is 1. The second kappa shape index (κ2) is 6.63. The van der Waals surface area contributed by atoms with E-state index in [4.69, 9.17) is 4.74 Å². The molecule has 0 saturated heterocycles. The molecule has 0 saturated carbocycles. The highest BCUT2D eigenvalue weighted by Crippen LogP contribution is 1.72. The lowest BCUT2D eigenvalue weighted by molar-refractivity contribution is 0.208. The van der Waals surface area contributed by atoms with Crippen molar-refractivity contribution >= 4 is 6.21 Å². The van der Waals surface area contributed by atoms with Gasteiger partial charge in [-0.25, -0.2) is 0 Å². The van der Waals surface area contributed by atoms with Gasteiger partial charge < -0.3 is 4.74 Å². The van der Waals surface area contributed by atoms with Gasteiger partial charge in [0.05, 0.1) is 13.2 Å². The van der Waals surface area contributed by atoms with E-state index in [0.717, 1.165) is 19.6 Å². The topological polar surface area (TPSA) is 21.6 Å². The van der Waals surface area contributed by atoms with Crippen molar-refractivity contribution in [1.82, 2.24) is 0 Å². The Morgan fingerprint density at radius 3 is 2.88 bits per heavy atom. The zero-order chi connectivity index (χ0) is 6.24. The Bertz CT molecular complexity index is 61.5. The fraction of sp³-hybridized carbons (Fsp3) is 0.833. The monoisotopic (exact) mass is 115 g/mol. The summed E-state index contributed by atoms with van der Waals surface area (Å²) in [5, 5.41) is 0. The van der Waals surface area contributed by atoms with E-state index in [9.17, 15) is 0 Å². The predicted octanol–water partition coefficient (Wildman–Crippen LogP) is 1.11. The van der Waals surface area contributed by atoms with Crippen LogP contribution in [0.4, 0.5) is 0 Å². The minimum Gasteiger partial charge on any atom is -0.383 e. The van der Waals surface area contributed by atoms with E-state index < -0.39 is 0 Å². The van der Waals surface area contributed by atoms with Gasteiger partial charge in [0.2, 0.25) is 0 Å². The normalized spacial score (nSPS) is 10.8. The molecule has 0 bridgehead atoms. The summed E-state index contributed by atoms with van der Waals surface area (Å²) in [5.41, 5.74) is 0. The van der Waals surface area contributed by atoms with E-state index in [1.165, 1.54) is 0 Å². The number of hydrogen-bond donors (Lipinski definition) is 0. The summed E-state index contributed by atoms with van der Waals surface area (Å²) in [6, 6.07) is 0. The Kier molecular flexibility index (Phi) is 6.32. The van der Waals surface area contributed by atoms with Gasteiger partial charge in [-0.1, -0.05) is 6.92 Å². The average Bonchev–Trinajstić information content (AvgIpc) is 1.81. The van der Waals surface area contributed by atoms with Crippen molar-refractivity contribution in [2.24, 2.45) is 4.99 Å². The molecule has 0 amide bonds. The summed E-state index contributed by atoms with van der Waals surface area (Å²) in [5.74, 6) is 0.